The molecule has 0 spiro atoms. The highest BCUT2D eigenvalue weighted by Gasteiger charge is 2.40. The Bertz CT molecular complexity index is 692. The molecule has 0 amide bonds. The lowest BCUT2D eigenvalue weighted by Gasteiger charge is -2.35. The Labute approximate surface area is 131 Å². The molecule has 0 saturated carbocycles. The van der Waals surface area contributed by atoms with Crippen LogP contribution < -0.4 is 0 Å². The number of carbonyl (C=O) groups is 1. The summed E-state index contributed by atoms with van der Waals surface area (Å²) < 4.78 is 0. The number of carbonyl (C=O) groups excluding carboxylic acids is 1. The molecule has 2 bridgehead atoms. The molecule has 2 saturated heterocycles. The van der Waals surface area contributed by atoms with Gasteiger partial charge in [0.15, 0.2) is 0 Å². The summed E-state index contributed by atoms with van der Waals surface area (Å²) in [6.07, 6.45) is 6.96. The predicted molar refractivity (Wildman–Crippen MR) is 87.8 cm³/mol. The first kappa shape index (κ1) is 13.9. The van der Waals surface area contributed by atoms with Crippen molar-refractivity contribution in [3.8, 4) is 0 Å². The summed E-state index contributed by atoms with van der Waals surface area (Å²) >= 11 is 0. The molecule has 0 radical (unpaired) electrons. The second kappa shape index (κ2) is 5.47. The molecule has 2 aliphatic heterocycles. The molecule has 3 nitrogen and oxygen atoms in total. The van der Waals surface area contributed by atoms with Gasteiger partial charge in [-0.15, -0.1) is 0 Å². The van der Waals surface area contributed by atoms with Crippen LogP contribution in [0.25, 0.3) is 10.9 Å². The third-order valence-electron chi connectivity index (χ3n) is 5.63. The lowest BCUT2D eigenvalue weighted by Crippen LogP contribution is -2.42. The lowest BCUT2D eigenvalue weighted by molar-refractivity contribution is -0.124. The van der Waals surface area contributed by atoms with Crippen LogP contribution in [0.1, 0.15) is 31.2 Å². The number of pyridine rings is 1. The van der Waals surface area contributed by atoms with Crippen molar-refractivity contribution in [2.24, 2.45) is 5.92 Å². The molecule has 22 heavy (non-hydrogen) atoms. The Morgan fingerprint density at radius 3 is 2.68 bits per heavy atom. The van der Waals surface area contributed by atoms with Gasteiger partial charge >= 0.3 is 0 Å². The van der Waals surface area contributed by atoms with Gasteiger partial charge in [-0.05, 0) is 44.4 Å². The van der Waals surface area contributed by atoms with Gasteiger partial charge in [0.1, 0.15) is 5.78 Å². The predicted octanol–water partition coefficient (Wildman–Crippen LogP) is 3.22. The van der Waals surface area contributed by atoms with Crippen LogP contribution in [0.15, 0.2) is 36.5 Å². The minimum absolute atomic E-state index is 0.243. The maximum absolute atomic E-state index is 12.8. The van der Waals surface area contributed by atoms with Crippen molar-refractivity contribution in [2.75, 3.05) is 7.05 Å². The molecule has 0 aliphatic carbocycles. The van der Waals surface area contributed by atoms with Gasteiger partial charge in [0.25, 0.3) is 0 Å². The Morgan fingerprint density at radius 1 is 1.18 bits per heavy atom. The molecule has 1 aromatic carbocycles. The minimum atomic E-state index is 0.243. The van der Waals surface area contributed by atoms with Crippen molar-refractivity contribution in [1.82, 2.24) is 9.88 Å². The van der Waals surface area contributed by atoms with Gasteiger partial charge in [-0.1, -0.05) is 24.3 Å². The van der Waals surface area contributed by atoms with Gasteiger partial charge in [-0.3, -0.25) is 9.78 Å². The molecule has 1 aromatic heterocycles. The normalized spacial score (nSPS) is 28.1. The van der Waals surface area contributed by atoms with Gasteiger partial charge in [-0.2, -0.15) is 0 Å². The van der Waals surface area contributed by atoms with E-state index >= 15 is 0 Å². The van der Waals surface area contributed by atoms with Crippen molar-refractivity contribution in [1.29, 1.82) is 0 Å². The highest BCUT2D eigenvalue weighted by molar-refractivity contribution is 5.89. The number of Topliss-reactive ketones (excluding diaryl/α,β-unsaturated/α-hetero) is 1. The van der Waals surface area contributed by atoms with Crippen LogP contribution in [0.4, 0.5) is 0 Å². The number of benzene rings is 1. The third-order valence-corrected chi connectivity index (χ3v) is 5.63. The lowest BCUT2D eigenvalue weighted by atomic mass is 9.85. The largest absolute Gasteiger partial charge is 0.300 e. The molecule has 2 aromatic rings. The number of hydrogen-bond donors (Lipinski definition) is 0. The van der Waals surface area contributed by atoms with Crippen LogP contribution in [0.5, 0.6) is 0 Å². The van der Waals surface area contributed by atoms with Crippen molar-refractivity contribution in [3.63, 3.8) is 0 Å². The highest BCUT2D eigenvalue weighted by atomic mass is 16.1. The van der Waals surface area contributed by atoms with Gasteiger partial charge < -0.3 is 4.90 Å². The molecule has 2 atom stereocenters. The van der Waals surface area contributed by atoms with Crippen LogP contribution in [-0.2, 0) is 11.2 Å². The fourth-order valence-corrected chi connectivity index (χ4v) is 4.32. The summed E-state index contributed by atoms with van der Waals surface area (Å²) in [4.78, 5) is 19.8. The molecule has 2 unspecified atom stereocenters. The first-order valence-electron chi connectivity index (χ1n) is 8.29. The van der Waals surface area contributed by atoms with Crippen LogP contribution in [0, 0.1) is 5.92 Å². The van der Waals surface area contributed by atoms with Crippen molar-refractivity contribution >= 4 is 16.7 Å². The zero-order chi connectivity index (χ0) is 15.1. The number of aromatic nitrogens is 1. The molecular weight excluding hydrogens is 272 g/mol. The third kappa shape index (κ3) is 2.34. The van der Waals surface area contributed by atoms with E-state index in [0.29, 0.717) is 24.3 Å². The monoisotopic (exact) mass is 294 g/mol. The number of hydrogen-bond acceptors (Lipinski definition) is 3. The van der Waals surface area contributed by atoms with Crippen LogP contribution in [-0.4, -0.2) is 34.8 Å². The van der Waals surface area contributed by atoms with E-state index in [0.717, 1.165) is 29.3 Å². The maximum Gasteiger partial charge on any atom is 0.140 e. The van der Waals surface area contributed by atoms with E-state index in [2.05, 4.69) is 35.1 Å². The zero-order valence-corrected chi connectivity index (χ0v) is 13.0. The molecule has 2 fully saturated rings. The van der Waals surface area contributed by atoms with Gasteiger partial charge in [0, 0.05) is 36.0 Å². The Kier molecular flexibility index (Phi) is 3.45. The fraction of sp³-hybridized carbons (Fsp3) is 0.474. The molecule has 3 heterocycles. The number of ketones is 1. The summed E-state index contributed by atoms with van der Waals surface area (Å²) in [6.45, 7) is 0. The van der Waals surface area contributed by atoms with Gasteiger partial charge in [-0.25, -0.2) is 0 Å². The van der Waals surface area contributed by atoms with E-state index in [1.165, 1.54) is 12.8 Å². The summed E-state index contributed by atoms with van der Waals surface area (Å²) in [5, 5.41) is 1.12. The molecule has 3 heteroatoms. The molecule has 2 aliphatic rings. The van der Waals surface area contributed by atoms with Crippen molar-refractivity contribution < 1.29 is 4.79 Å². The van der Waals surface area contributed by atoms with E-state index in [-0.39, 0.29) is 5.92 Å². The maximum atomic E-state index is 12.8. The number of nitrogens with zero attached hydrogens (tertiary/aromatic N) is 2. The molecule has 4 rings (SSSR count). The number of fused-ring (bicyclic) bond motifs is 3. The van der Waals surface area contributed by atoms with Crippen molar-refractivity contribution in [3.05, 3.63) is 42.1 Å². The van der Waals surface area contributed by atoms with Crippen molar-refractivity contribution in [2.45, 2.75) is 44.2 Å². The van der Waals surface area contributed by atoms with E-state index in [9.17, 15) is 4.79 Å². The molecular formula is C19H22N2O. The topological polar surface area (TPSA) is 33.2 Å². The first-order chi connectivity index (χ1) is 10.7. The quantitative estimate of drug-likeness (QED) is 0.871. The second-order valence-corrected chi connectivity index (χ2v) is 6.85. The van der Waals surface area contributed by atoms with Crippen LogP contribution in [0.3, 0.4) is 0 Å². The Hall–Kier alpha value is -1.74. The summed E-state index contributed by atoms with van der Waals surface area (Å²) in [5.41, 5.74) is 2.06. The van der Waals surface area contributed by atoms with E-state index < -0.39 is 0 Å². The smallest absolute Gasteiger partial charge is 0.140 e. The number of piperidine rings is 1. The average molecular weight is 294 g/mol. The number of rotatable bonds is 3. The van der Waals surface area contributed by atoms with Gasteiger partial charge in [0.05, 0.1) is 5.52 Å². The van der Waals surface area contributed by atoms with Gasteiger partial charge in [0.2, 0.25) is 0 Å². The highest BCUT2D eigenvalue weighted by Crippen LogP contribution is 2.38. The summed E-state index contributed by atoms with van der Waals surface area (Å²) in [5.74, 6) is 0.649. The van der Waals surface area contributed by atoms with E-state index in [4.69, 9.17) is 0 Å². The van der Waals surface area contributed by atoms with Crippen LogP contribution >= 0.6 is 0 Å². The van der Waals surface area contributed by atoms with Crippen LogP contribution in [0.2, 0.25) is 0 Å². The minimum Gasteiger partial charge on any atom is -0.300 e. The second-order valence-electron chi connectivity index (χ2n) is 6.85. The standard InChI is InChI=1S/C19H22N2O/c1-21-16-7-8-17(21)11-15(10-16)18(22)12-14-5-2-4-13-6-3-9-20-19(13)14/h2-6,9,15-17H,7-8,10-12H2,1H3. The Balaban J connectivity index is 1.54. The molecule has 114 valence electrons. The number of para-hydroxylation sites is 1. The summed E-state index contributed by atoms with van der Waals surface area (Å²) in [7, 11) is 2.22. The first-order valence-corrected chi connectivity index (χ1v) is 8.29. The Morgan fingerprint density at radius 2 is 1.91 bits per heavy atom. The molecule has 0 N–H and O–H groups in total. The SMILES string of the molecule is CN1C2CCC1CC(C(=O)Cc1cccc3cccnc13)C2. The van der Waals surface area contributed by atoms with E-state index in [1.807, 2.05) is 18.3 Å². The zero-order valence-electron chi connectivity index (χ0n) is 13.0. The van der Waals surface area contributed by atoms with E-state index in [1.54, 1.807) is 0 Å². The fourth-order valence-electron chi connectivity index (χ4n) is 4.32. The summed E-state index contributed by atoms with van der Waals surface area (Å²) in [6, 6.07) is 11.4. The average Bonchev–Trinajstić information content (AvgIpc) is 2.76.